The Bertz CT molecular complexity index is 942. The Kier molecular flexibility index (Phi) is 4.00. The molecule has 2 aromatic rings. The molecule has 3 heterocycles. The van der Waals surface area contributed by atoms with Gasteiger partial charge in [-0.2, -0.15) is 0 Å². The molecule has 2 aromatic carbocycles. The predicted molar refractivity (Wildman–Crippen MR) is 105 cm³/mol. The first-order chi connectivity index (χ1) is 13.6. The van der Waals surface area contributed by atoms with E-state index in [0.29, 0.717) is 11.4 Å². The molecule has 3 saturated heterocycles. The SMILES string of the molecule is COc1cccc(N2C(=O)[C@@H]3[C@@H](C2=O)N2CCCN2[C@@H]3c2ccc(C)cc2)c1. The van der Waals surface area contributed by atoms with Gasteiger partial charge in [0.1, 0.15) is 11.8 Å². The molecule has 0 saturated carbocycles. The van der Waals surface area contributed by atoms with Crippen molar-refractivity contribution >= 4 is 17.5 Å². The lowest BCUT2D eigenvalue weighted by atomic mass is 9.89. The largest absolute Gasteiger partial charge is 0.497 e. The average molecular weight is 377 g/mol. The molecular weight excluding hydrogens is 354 g/mol. The third-order valence-electron chi connectivity index (χ3n) is 6.14. The summed E-state index contributed by atoms with van der Waals surface area (Å²) in [6, 6.07) is 15.0. The van der Waals surface area contributed by atoms with Crippen molar-refractivity contribution in [3.8, 4) is 5.75 Å². The number of carbonyl (C=O) groups excluding carboxylic acids is 2. The molecule has 6 heteroatoms. The van der Waals surface area contributed by atoms with Gasteiger partial charge in [0.05, 0.1) is 24.8 Å². The molecule has 0 bridgehead atoms. The molecule has 0 spiro atoms. The molecule has 6 nitrogen and oxygen atoms in total. The van der Waals surface area contributed by atoms with Gasteiger partial charge in [0.2, 0.25) is 5.91 Å². The maximum atomic E-state index is 13.5. The van der Waals surface area contributed by atoms with E-state index in [2.05, 4.69) is 41.2 Å². The second kappa shape index (κ2) is 6.43. The second-order valence-corrected chi connectivity index (χ2v) is 7.72. The van der Waals surface area contributed by atoms with E-state index in [1.54, 1.807) is 19.2 Å². The fourth-order valence-corrected chi connectivity index (χ4v) is 4.88. The molecule has 3 aliphatic rings. The van der Waals surface area contributed by atoms with Gasteiger partial charge in [-0.1, -0.05) is 35.9 Å². The Balaban J connectivity index is 1.57. The molecule has 28 heavy (non-hydrogen) atoms. The molecule has 0 aliphatic carbocycles. The molecule has 3 fully saturated rings. The van der Waals surface area contributed by atoms with Crippen molar-refractivity contribution in [1.29, 1.82) is 0 Å². The third-order valence-corrected chi connectivity index (χ3v) is 6.14. The number of anilines is 1. The summed E-state index contributed by atoms with van der Waals surface area (Å²) in [6.45, 7) is 3.75. The van der Waals surface area contributed by atoms with Crippen LogP contribution in [-0.4, -0.2) is 48.1 Å². The standard InChI is InChI=1S/C22H23N3O3/c1-14-7-9-15(10-8-14)19-18-20(24-12-4-11-23(19)24)22(27)25(21(18)26)16-5-3-6-17(13-16)28-2/h3,5-10,13,18-20H,4,11-12H2,1-2H3/t18-,19+,20-/m0/s1. The maximum absolute atomic E-state index is 13.5. The van der Waals surface area contributed by atoms with E-state index < -0.39 is 6.04 Å². The molecular formula is C22H23N3O3. The highest BCUT2D eigenvalue weighted by Crippen LogP contribution is 2.49. The van der Waals surface area contributed by atoms with Crippen molar-refractivity contribution in [2.75, 3.05) is 25.1 Å². The van der Waals surface area contributed by atoms with E-state index >= 15 is 0 Å². The van der Waals surface area contributed by atoms with Gasteiger partial charge in [-0.05, 0) is 31.0 Å². The monoisotopic (exact) mass is 377 g/mol. The van der Waals surface area contributed by atoms with Crippen LogP contribution in [0, 0.1) is 12.8 Å². The Morgan fingerprint density at radius 1 is 0.929 bits per heavy atom. The van der Waals surface area contributed by atoms with Gasteiger partial charge in [-0.3, -0.25) is 9.59 Å². The van der Waals surface area contributed by atoms with Gasteiger partial charge in [0.25, 0.3) is 5.91 Å². The van der Waals surface area contributed by atoms with Crippen molar-refractivity contribution in [1.82, 2.24) is 10.0 Å². The molecule has 2 amide bonds. The summed E-state index contributed by atoms with van der Waals surface area (Å²) in [6.07, 6.45) is 1.01. The lowest BCUT2D eigenvalue weighted by Crippen LogP contribution is -2.44. The van der Waals surface area contributed by atoms with Crippen molar-refractivity contribution in [3.05, 3.63) is 59.7 Å². The van der Waals surface area contributed by atoms with Crippen molar-refractivity contribution in [2.24, 2.45) is 5.92 Å². The normalized spacial score (nSPS) is 27.4. The number of carbonyl (C=O) groups is 2. The summed E-state index contributed by atoms with van der Waals surface area (Å²) in [5.74, 6) is -0.0113. The number of hydrogen-bond donors (Lipinski definition) is 0. The summed E-state index contributed by atoms with van der Waals surface area (Å²) in [7, 11) is 1.58. The molecule has 5 rings (SSSR count). The first kappa shape index (κ1) is 17.4. The first-order valence-corrected chi connectivity index (χ1v) is 9.72. The van der Waals surface area contributed by atoms with Crippen LogP contribution in [0.2, 0.25) is 0 Å². The highest BCUT2D eigenvalue weighted by Gasteiger charge is 2.62. The first-order valence-electron chi connectivity index (χ1n) is 9.72. The lowest BCUT2D eigenvalue weighted by Gasteiger charge is -2.29. The number of imide groups is 1. The van der Waals surface area contributed by atoms with Gasteiger partial charge < -0.3 is 4.74 Å². The van der Waals surface area contributed by atoms with Gasteiger partial charge in [0, 0.05) is 19.2 Å². The Morgan fingerprint density at radius 2 is 1.64 bits per heavy atom. The minimum absolute atomic E-state index is 0.0971. The number of benzene rings is 2. The van der Waals surface area contributed by atoms with E-state index in [-0.39, 0.29) is 23.8 Å². The predicted octanol–water partition coefficient (Wildman–Crippen LogP) is 2.54. The molecule has 0 N–H and O–H groups in total. The molecule has 3 atom stereocenters. The number of amides is 2. The van der Waals surface area contributed by atoms with Crippen LogP contribution in [0.1, 0.15) is 23.6 Å². The Labute approximate surface area is 164 Å². The molecule has 3 aliphatic heterocycles. The second-order valence-electron chi connectivity index (χ2n) is 7.72. The minimum atomic E-state index is -0.424. The summed E-state index contributed by atoms with van der Waals surface area (Å²) < 4.78 is 5.28. The van der Waals surface area contributed by atoms with Crippen LogP contribution in [0.4, 0.5) is 5.69 Å². The zero-order chi connectivity index (χ0) is 19.4. The topological polar surface area (TPSA) is 53.1 Å². The fraction of sp³-hybridized carbons (Fsp3) is 0.364. The summed E-state index contributed by atoms with van der Waals surface area (Å²) >= 11 is 0. The highest BCUT2D eigenvalue weighted by molar-refractivity contribution is 6.24. The number of aryl methyl sites for hydroxylation is 1. The van der Waals surface area contributed by atoms with Crippen molar-refractivity contribution < 1.29 is 14.3 Å². The fourth-order valence-electron chi connectivity index (χ4n) is 4.88. The average Bonchev–Trinajstić information content (AvgIpc) is 3.35. The van der Waals surface area contributed by atoms with Crippen molar-refractivity contribution in [3.63, 3.8) is 0 Å². The van der Waals surface area contributed by atoms with Crippen LogP contribution < -0.4 is 9.64 Å². The molecule has 144 valence electrons. The molecule has 0 aromatic heterocycles. The number of hydrogen-bond acceptors (Lipinski definition) is 5. The van der Waals surface area contributed by atoms with Gasteiger partial charge in [0.15, 0.2) is 0 Å². The van der Waals surface area contributed by atoms with Gasteiger partial charge in [-0.25, -0.2) is 14.9 Å². The Morgan fingerprint density at radius 3 is 2.36 bits per heavy atom. The van der Waals surface area contributed by atoms with Crippen LogP contribution in [-0.2, 0) is 9.59 Å². The van der Waals surface area contributed by atoms with Gasteiger partial charge >= 0.3 is 0 Å². The van der Waals surface area contributed by atoms with E-state index in [1.165, 1.54) is 10.5 Å². The van der Waals surface area contributed by atoms with E-state index in [1.807, 2.05) is 12.1 Å². The number of nitrogens with zero attached hydrogens (tertiary/aromatic N) is 3. The number of hydrazine groups is 1. The van der Waals surface area contributed by atoms with E-state index in [9.17, 15) is 9.59 Å². The highest BCUT2D eigenvalue weighted by atomic mass is 16.5. The van der Waals surface area contributed by atoms with E-state index in [4.69, 9.17) is 4.74 Å². The third kappa shape index (κ3) is 2.41. The van der Waals surface area contributed by atoms with Gasteiger partial charge in [-0.15, -0.1) is 0 Å². The number of ether oxygens (including phenoxy) is 1. The van der Waals surface area contributed by atoms with Crippen LogP contribution in [0.3, 0.4) is 0 Å². The Hall–Kier alpha value is -2.70. The number of rotatable bonds is 3. The summed E-state index contributed by atoms with van der Waals surface area (Å²) in [5.41, 5.74) is 2.86. The smallest absolute Gasteiger partial charge is 0.253 e. The molecule has 0 unspecified atom stereocenters. The number of methoxy groups -OCH3 is 1. The lowest BCUT2D eigenvalue weighted by molar-refractivity contribution is -0.126. The minimum Gasteiger partial charge on any atom is -0.497 e. The zero-order valence-electron chi connectivity index (χ0n) is 16.0. The summed E-state index contributed by atoms with van der Waals surface area (Å²) in [4.78, 5) is 28.2. The summed E-state index contributed by atoms with van der Waals surface area (Å²) in [5, 5.41) is 4.36. The van der Waals surface area contributed by atoms with Crippen LogP contribution in [0.25, 0.3) is 0 Å². The van der Waals surface area contributed by atoms with Crippen LogP contribution in [0.5, 0.6) is 5.75 Å². The quantitative estimate of drug-likeness (QED) is 0.770. The van der Waals surface area contributed by atoms with Crippen molar-refractivity contribution in [2.45, 2.75) is 25.4 Å². The maximum Gasteiger partial charge on any atom is 0.253 e. The van der Waals surface area contributed by atoms with Crippen LogP contribution >= 0.6 is 0 Å². The molecule has 0 radical (unpaired) electrons. The van der Waals surface area contributed by atoms with Crippen LogP contribution in [0.15, 0.2) is 48.5 Å². The number of fused-ring (bicyclic) bond motifs is 3. The zero-order valence-corrected chi connectivity index (χ0v) is 16.0. The van der Waals surface area contributed by atoms with E-state index in [0.717, 1.165) is 25.1 Å².